The lowest BCUT2D eigenvalue weighted by Gasteiger charge is -2.31. The van der Waals surface area contributed by atoms with E-state index in [2.05, 4.69) is 5.32 Å². The number of carboxylic acid groups (broad SMARTS) is 1. The second-order valence-electron chi connectivity index (χ2n) is 8.03. The Labute approximate surface area is 201 Å². The molecule has 184 valence electrons. The van der Waals surface area contributed by atoms with E-state index in [1.165, 1.54) is 12.1 Å². The number of nitrogen functional groups attached to an aromatic ring is 1. The lowest BCUT2D eigenvalue weighted by Crippen LogP contribution is -2.49. The first kappa shape index (κ1) is 27.0. The van der Waals surface area contributed by atoms with Crippen molar-refractivity contribution in [1.29, 1.82) is 5.41 Å². The maximum absolute atomic E-state index is 14.2. The van der Waals surface area contributed by atoms with Gasteiger partial charge in [0.05, 0.1) is 5.41 Å². The lowest BCUT2D eigenvalue weighted by molar-refractivity contribution is -0.144. The molecule has 0 bridgehead atoms. The first-order chi connectivity index (χ1) is 16.1. The van der Waals surface area contributed by atoms with Crippen molar-refractivity contribution in [2.45, 2.75) is 58.9 Å². The van der Waals surface area contributed by atoms with Crippen molar-refractivity contribution in [3.05, 3.63) is 51.5 Å². The van der Waals surface area contributed by atoms with Gasteiger partial charge in [0.1, 0.15) is 16.8 Å². The van der Waals surface area contributed by atoms with Crippen LogP contribution >= 0.6 is 11.3 Å². The Kier molecular flexibility index (Phi) is 9.31. The first-order valence-electron chi connectivity index (χ1n) is 11.0. The number of esters is 1. The Morgan fingerprint density at radius 2 is 1.88 bits per heavy atom. The highest BCUT2D eigenvalue weighted by molar-refractivity contribution is 7.14. The predicted molar refractivity (Wildman–Crippen MR) is 128 cm³/mol. The van der Waals surface area contributed by atoms with Crippen LogP contribution < -0.4 is 15.8 Å². The molecule has 2 aromatic rings. The summed E-state index contributed by atoms with van der Waals surface area (Å²) in [6.45, 7) is 5.59. The Balaban J connectivity index is 2.16. The van der Waals surface area contributed by atoms with E-state index in [1.54, 1.807) is 12.1 Å². The highest BCUT2D eigenvalue weighted by Crippen LogP contribution is 2.34. The SMILES string of the molecule is CCC[C@H](NC(=O)C(CC)(CC)Cc1ccc(C(=O)Oc2ccc(C(=N)N)cc2F)s1)C(=O)O. The fraction of sp³-hybridized carbons (Fsp3) is 0.417. The Morgan fingerprint density at radius 1 is 1.21 bits per heavy atom. The molecule has 0 aliphatic rings. The zero-order valence-electron chi connectivity index (χ0n) is 19.4. The molecule has 0 fully saturated rings. The van der Waals surface area contributed by atoms with Crippen molar-refractivity contribution in [2.75, 3.05) is 0 Å². The molecule has 0 spiro atoms. The number of benzene rings is 1. The molecule has 1 amide bonds. The summed E-state index contributed by atoms with van der Waals surface area (Å²) in [5.74, 6) is -3.54. The number of hydrogen-bond donors (Lipinski definition) is 4. The van der Waals surface area contributed by atoms with E-state index in [4.69, 9.17) is 15.9 Å². The van der Waals surface area contributed by atoms with Crippen molar-refractivity contribution in [1.82, 2.24) is 5.32 Å². The van der Waals surface area contributed by atoms with Crippen LogP contribution in [0.25, 0.3) is 0 Å². The van der Waals surface area contributed by atoms with Crippen LogP contribution in [0.3, 0.4) is 0 Å². The molecule has 1 atom stereocenters. The topological polar surface area (TPSA) is 143 Å². The molecule has 34 heavy (non-hydrogen) atoms. The van der Waals surface area contributed by atoms with Gasteiger partial charge < -0.3 is 20.9 Å². The summed E-state index contributed by atoms with van der Waals surface area (Å²) in [6.07, 6.45) is 2.25. The predicted octanol–water partition coefficient (Wildman–Crippen LogP) is 4.11. The van der Waals surface area contributed by atoms with Crippen LogP contribution in [-0.4, -0.2) is 34.8 Å². The van der Waals surface area contributed by atoms with Gasteiger partial charge >= 0.3 is 11.9 Å². The van der Waals surface area contributed by atoms with Gasteiger partial charge in [-0.2, -0.15) is 0 Å². The Bertz CT molecular complexity index is 1060. The average Bonchev–Trinajstić information content (AvgIpc) is 3.26. The van der Waals surface area contributed by atoms with E-state index in [0.29, 0.717) is 32.1 Å². The summed E-state index contributed by atoms with van der Waals surface area (Å²) in [7, 11) is 0. The monoisotopic (exact) mass is 491 g/mol. The number of nitrogens with one attached hydrogen (secondary N) is 2. The molecule has 8 nitrogen and oxygen atoms in total. The normalized spacial score (nSPS) is 12.1. The highest BCUT2D eigenvalue weighted by atomic mass is 32.1. The number of ether oxygens (including phenoxy) is 1. The lowest BCUT2D eigenvalue weighted by atomic mass is 9.77. The molecule has 10 heteroatoms. The zero-order valence-corrected chi connectivity index (χ0v) is 20.3. The van der Waals surface area contributed by atoms with E-state index in [9.17, 15) is 23.9 Å². The number of hydrogen-bond acceptors (Lipinski definition) is 6. The molecular weight excluding hydrogens is 461 g/mol. The summed E-state index contributed by atoms with van der Waals surface area (Å²) in [5, 5.41) is 19.4. The molecule has 1 heterocycles. The number of amidine groups is 1. The van der Waals surface area contributed by atoms with E-state index in [-0.39, 0.29) is 27.9 Å². The molecule has 0 aliphatic carbocycles. The number of amides is 1. The van der Waals surface area contributed by atoms with Gasteiger partial charge in [0.2, 0.25) is 5.91 Å². The number of carbonyl (C=O) groups excluding carboxylic acids is 2. The van der Waals surface area contributed by atoms with Crippen LogP contribution in [0.1, 0.15) is 66.6 Å². The average molecular weight is 492 g/mol. The van der Waals surface area contributed by atoms with Crippen molar-refractivity contribution in [3.8, 4) is 5.75 Å². The van der Waals surface area contributed by atoms with Gasteiger partial charge in [0.25, 0.3) is 0 Å². The molecule has 1 aromatic carbocycles. The van der Waals surface area contributed by atoms with Crippen LogP contribution in [0.5, 0.6) is 5.75 Å². The Hall–Kier alpha value is -3.27. The number of carbonyl (C=O) groups is 3. The second kappa shape index (κ2) is 11.7. The highest BCUT2D eigenvalue weighted by Gasteiger charge is 2.37. The number of halogens is 1. The number of rotatable bonds is 12. The van der Waals surface area contributed by atoms with Crippen LogP contribution in [-0.2, 0) is 16.0 Å². The molecule has 0 saturated heterocycles. The van der Waals surface area contributed by atoms with Crippen LogP contribution in [0.4, 0.5) is 4.39 Å². The summed E-state index contributed by atoms with van der Waals surface area (Å²) in [4.78, 5) is 38.1. The largest absolute Gasteiger partial charge is 0.480 e. The molecule has 2 rings (SSSR count). The number of nitrogens with two attached hydrogens (primary N) is 1. The molecule has 0 radical (unpaired) electrons. The van der Waals surface area contributed by atoms with Gasteiger partial charge in [-0.1, -0.05) is 27.2 Å². The maximum Gasteiger partial charge on any atom is 0.353 e. The van der Waals surface area contributed by atoms with E-state index < -0.39 is 29.2 Å². The minimum Gasteiger partial charge on any atom is -0.480 e. The third-order valence-corrected chi connectivity index (χ3v) is 6.90. The van der Waals surface area contributed by atoms with E-state index >= 15 is 0 Å². The summed E-state index contributed by atoms with van der Waals surface area (Å²) < 4.78 is 19.4. The minimum atomic E-state index is -1.07. The molecule has 0 aliphatic heterocycles. The van der Waals surface area contributed by atoms with Gasteiger partial charge in [-0.05, 0) is 56.0 Å². The standard InChI is InChI=1S/C24H30FN3O5S/c1-4-7-17(21(29)30)28-23(32)24(5-2,6-3)13-15-9-11-19(34-15)22(31)33-18-10-8-14(20(26)27)12-16(18)25/h8-12,17H,4-7,13H2,1-3H3,(H3,26,27)(H,28,32)(H,29,30)/t17-/m0/s1. The molecule has 0 saturated carbocycles. The van der Waals surface area contributed by atoms with Crippen LogP contribution in [0.15, 0.2) is 30.3 Å². The quantitative estimate of drug-likeness (QED) is 0.152. The second-order valence-corrected chi connectivity index (χ2v) is 9.20. The van der Waals surface area contributed by atoms with Crippen molar-refractivity contribution in [2.24, 2.45) is 11.1 Å². The fourth-order valence-corrected chi connectivity index (χ4v) is 4.60. The summed E-state index contributed by atoms with van der Waals surface area (Å²) >= 11 is 1.14. The summed E-state index contributed by atoms with van der Waals surface area (Å²) in [6, 6.07) is 5.94. The smallest absolute Gasteiger partial charge is 0.353 e. The Morgan fingerprint density at radius 3 is 2.41 bits per heavy atom. The van der Waals surface area contributed by atoms with Gasteiger partial charge in [-0.25, -0.2) is 14.0 Å². The first-order valence-corrected chi connectivity index (χ1v) is 11.9. The number of aliphatic carboxylic acids is 1. The van der Waals surface area contributed by atoms with Crippen molar-refractivity contribution < 1.29 is 28.6 Å². The van der Waals surface area contributed by atoms with Gasteiger partial charge in [-0.3, -0.25) is 10.2 Å². The van der Waals surface area contributed by atoms with Crippen molar-refractivity contribution in [3.63, 3.8) is 0 Å². The maximum atomic E-state index is 14.2. The minimum absolute atomic E-state index is 0.175. The van der Waals surface area contributed by atoms with E-state index in [0.717, 1.165) is 22.3 Å². The van der Waals surface area contributed by atoms with Crippen LogP contribution in [0, 0.1) is 16.6 Å². The third kappa shape index (κ3) is 6.40. The fourth-order valence-electron chi connectivity index (χ4n) is 3.58. The van der Waals surface area contributed by atoms with E-state index in [1.807, 2.05) is 20.8 Å². The van der Waals surface area contributed by atoms with Gasteiger partial charge in [-0.15, -0.1) is 11.3 Å². The molecule has 1 aromatic heterocycles. The van der Waals surface area contributed by atoms with Crippen LogP contribution in [0.2, 0.25) is 0 Å². The summed E-state index contributed by atoms with van der Waals surface area (Å²) in [5.41, 5.74) is 4.67. The molecular formula is C24H30FN3O5S. The van der Waals surface area contributed by atoms with Gasteiger partial charge in [0, 0.05) is 10.4 Å². The van der Waals surface area contributed by atoms with Gasteiger partial charge in [0.15, 0.2) is 11.6 Å². The molecule has 0 unspecified atom stereocenters. The van der Waals surface area contributed by atoms with Crippen molar-refractivity contribution >= 4 is 35.0 Å². The number of carboxylic acids is 1. The number of thiophene rings is 1. The molecule has 5 N–H and O–H groups in total. The third-order valence-electron chi connectivity index (χ3n) is 5.84. The zero-order chi connectivity index (χ0) is 25.5.